The minimum Gasteiger partial charge on any atom is -0.491 e. The van der Waals surface area contributed by atoms with E-state index < -0.39 is 10.0 Å². The number of fused-ring (bicyclic) bond motifs is 1. The Balaban J connectivity index is 1.96. The monoisotopic (exact) mass is 507 g/mol. The molecule has 0 saturated heterocycles. The fourth-order valence-electron chi connectivity index (χ4n) is 4.25. The van der Waals surface area contributed by atoms with Crippen LogP contribution in [0.1, 0.15) is 37.6 Å². The highest BCUT2D eigenvalue weighted by molar-refractivity contribution is 7.92. The summed E-state index contributed by atoms with van der Waals surface area (Å²) in [7, 11) is 1.17. The molecular formula is C24H37N5O5S. The molecule has 0 unspecified atom stereocenters. The van der Waals surface area contributed by atoms with Crippen LogP contribution >= 0.6 is 0 Å². The zero-order valence-electron chi connectivity index (χ0n) is 21.4. The number of imidazole rings is 1. The average Bonchev–Trinajstić information content (AvgIpc) is 3.27. The molecule has 0 fully saturated rings. The number of carbonyl (C=O) groups excluding carboxylic acids is 1. The van der Waals surface area contributed by atoms with Crippen LogP contribution in [0.15, 0.2) is 35.7 Å². The van der Waals surface area contributed by atoms with Crippen LogP contribution in [0, 0.1) is 5.92 Å². The van der Waals surface area contributed by atoms with Gasteiger partial charge in [-0.25, -0.2) is 4.98 Å². The lowest BCUT2D eigenvalue weighted by Crippen LogP contribution is -2.46. The van der Waals surface area contributed by atoms with Crippen molar-refractivity contribution in [3.05, 3.63) is 36.3 Å². The van der Waals surface area contributed by atoms with Crippen molar-refractivity contribution in [1.82, 2.24) is 19.4 Å². The molecule has 1 aromatic carbocycles. The van der Waals surface area contributed by atoms with Crippen LogP contribution < -0.4 is 9.46 Å². The Morgan fingerprint density at radius 2 is 1.97 bits per heavy atom. The van der Waals surface area contributed by atoms with E-state index in [0.29, 0.717) is 18.9 Å². The highest BCUT2D eigenvalue weighted by Crippen LogP contribution is 2.27. The van der Waals surface area contributed by atoms with Crippen molar-refractivity contribution in [3.63, 3.8) is 0 Å². The lowest BCUT2D eigenvalue weighted by Gasteiger charge is -2.35. The van der Waals surface area contributed by atoms with E-state index in [4.69, 9.17) is 9.47 Å². The first-order chi connectivity index (χ1) is 16.6. The standard InChI is InChI=1S/C24H37N5O5S/c1-7-10-29-12-17(2)22(33-6)13-28(5)24(30)20-11-19(8-9-21(20)34-15-18(29)3)26-35(31,32)23-14-27(4)16-25-23/h8-9,11,14,16-18,22,26H,7,10,12-13,15H2,1-6H3/t17-,18-,22-/m1/s1. The summed E-state index contributed by atoms with van der Waals surface area (Å²) in [5.41, 5.74) is 0.537. The second-order valence-corrected chi connectivity index (χ2v) is 10.9. The summed E-state index contributed by atoms with van der Waals surface area (Å²) >= 11 is 0. The predicted molar refractivity (Wildman–Crippen MR) is 134 cm³/mol. The van der Waals surface area contributed by atoms with Crippen molar-refractivity contribution >= 4 is 21.6 Å². The number of nitrogens with zero attached hydrogens (tertiary/aromatic N) is 4. The van der Waals surface area contributed by atoms with E-state index in [-0.39, 0.29) is 40.2 Å². The van der Waals surface area contributed by atoms with Gasteiger partial charge in [0.25, 0.3) is 15.9 Å². The number of hydrogen-bond acceptors (Lipinski definition) is 7. The second-order valence-electron chi connectivity index (χ2n) is 9.29. The van der Waals surface area contributed by atoms with Gasteiger partial charge in [0, 0.05) is 52.2 Å². The van der Waals surface area contributed by atoms with Crippen molar-refractivity contribution < 1.29 is 22.7 Å². The molecule has 1 aliphatic rings. The summed E-state index contributed by atoms with van der Waals surface area (Å²) < 4.78 is 41.5. The lowest BCUT2D eigenvalue weighted by atomic mass is 10.0. The van der Waals surface area contributed by atoms with Gasteiger partial charge in [-0.2, -0.15) is 8.42 Å². The number of nitrogens with one attached hydrogen (secondary N) is 1. The van der Waals surface area contributed by atoms with Crippen LogP contribution in [0.3, 0.4) is 0 Å². The van der Waals surface area contributed by atoms with E-state index in [2.05, 4.69) is 35.4 Å². The maximum Gasteiger partial charge on any atom is 0.280 e. The SMILES string of the molecule is CCCN1C[C@@H](C)[C@H](OC)CN(C)C(=O)c2cc(NS(=O)(=O)c3cn(C)cn3)ccc2OC[C@H]1C. The molecule has 194 valence electrons. The Hall–Kier alpha value is -2.63. The summed E-state index contributed by atoms with van der Waals surface area (Å²) in [4.78, 5) is 21.3. The Labute approximate surface area is 208 Å². The van der Waals surface area contributed by atoms with Crippen LogP contribution in [-0.2, 0) is 21.8 Å². The summed E-state index contributed by atoms with van der Waals surface area (Å²) in [6.45, 7) is 8.95. The van der Waals surface area contributed by atoms with Crippen molar-refractivity contribution in [2.45, 2.75) is 44.4 Å². The summed E-state index contributed by atoms with van der Waals surface area (Å²) in [6, 6.07) is 4.86. The van der Waals surface area contributed by atoms with Gasteiger partial charge in [-0.1, -0.05) is 13.8 Å². The molecule has 0 radical (unpaired) electrons. The van der Waals surface area contributed by atoms with Crippen LogP contribution in [0.2, 0.25) is 0 Å². The molecule has 0 saturated carbocycles. The first-order valence-corrected chi connectivity index (χ1v) is 13.3. The second kappa shape index (κ2) is 11.4. The first-order valence-electron chi connectivity index (χ1n) is 11.9. The molecule has 2 aromatic rings. The maximum atomic E-state index is 13.4. The highest BCUT2D eigenvalue weighted by Gasteiger charge is 2.28. The number of benzene rings is 1. The third kappa shape index (κ3) is 6.53. The molecule has 0 aliphatic carbocycles. The Bertz CT molecular complexity index is 1120. The molecule has 3 rings (SSSR count). The molecule has 2 heterocycles. The van der Waals surface area contributed by atoms with Gasteiger partial charge in [0.05, 0.1) is 18.0 Å². The number of carbonyl (C=O) groups is 1. The molecule has 10 nitrogen and oxygen atoms in total. The van der Waals surface area contributed by atoms with Crippen molar-refractivity contribution in [2.75, 3.05) is 45.1 Å². The third-order valence-electron chi connectivity index (χ3n) is 6.29. The number of anilines is 1. The van der Waals surface area contributed by atoms with Crippen LogP contribution in [0.25, 0.3) is 0 Å². The lowest BCUT2D eigenvalue weighted by molar-refractivity contribution is 0.0108. The van der Waals surface area contributed by atoms with Crippen molar-refractivity contribution in [1.29, 1.82) is 0 Å². The van der Waals surface area contributed by atoms with E-state index in [0.717, 1.165) is 19.5 Å². The molecular weight excluding hydrogens is 470 g/mol. The van der Waals surface area contributed by atoms with E-state index >= 15 is 0 Å². The number of rotatable bonds is 6. The van der Waals surface area contributed by atoms with Gasteiger partial charge >= 0.3 is 0 Å². The molecule has 11 heteroatoms. The largest absolute Gasteiger partial charge is 0.491 e. The Morgan fingerprint density at radius 3 is 2.60 bits per heavy atom. The summed E-state index contributed by atoms with van der Waals surface area (Å²) in [6.07, 6.45) is 3.69. The number of likely N-dealkylation sites (N-methyl/N-ethyl adjacent to an activating group) is 1. The van der Waals surface area contributed by atoms with Crippen molar-refractivity contribution in [3.8, 4) is 5.75 Å². The number of aryl methyl sites for hydroxylation is 1. The van der Waals surface area contributed by atoms with E-state index in [1.807, 2.05) is 0 Å². The van der Waals surface area contributed by atoms with Gasteiger partial charge in [-0.05, 0) is 44.0 Å². The number of sulfonamides is 1. The molecule has 0 bridgehead atoms. The Morgan fingerprint density at radius 1 is 1.23 bits per heavy atom. The number of ether oxygens (including phenoxy) is 2. The van der Waals surface area contributed by atoms with E-state index in [1.54, 1.807) is 42.8 Å². The number of hydrogen-bond donors (Lipinski definition) is 1. The molecule has 1 N–H and O–H groups in total. The van der Waals surface area contributed by atoms with Crippen LogP contribution in [0.5, 0.6) is 5.75 Å². The quantitative estimate of drug-likeness (QED) is 0.640. The minimum atomic E-state index is -3.91. The zero-order chi connectivity index (χ0) is 25.8. The summed E-state index contributed by atoms with van der Waals surface area (Å²) in [5.74, 6) is 0.333. The van der Waals surface area contributed by atoms with E-state index in [9.17, 15) is 13.2 Å². The van der Waals surface area contributed by atoms with E-state index in [1.165, 1.54) is 18.6 Å². The smallest absolute Gasteiger partial charge is 0.280 e. The predicted octanol–water partition coefficient (Wildman–Crippen LogP) is 2.44. The Kier molecular flexibility index (Phi) is 8.79. The first kappa shape index (κ1) is 27.0. The van der Waals surface area contributed by atoms with Gasteiger partial charge in [0.1, 0.15) is 12.4 Å². The third-order valence-corrected chi connectivity index (χ3v) is 7.56. The van der Waals surface area contributed by atoms with Gasteiger partial charge in [0.2, 0.25) is 0 Å². The molecule has 1 amide bonds. The number of methoxy groups -OCH3 is 1. The fourth-order valence-corrected chi connectivity index (χ4v) is 5.28. The maximum absolute atomic E-state index is 13.4. The highest BCUT2D eigenvalue weighted by atomic mass is 32.2. The number of aromatic nitrogens is 2. The summed E-state index contributed by atoms with van der Waals surface area (Å²) in [5, 5.41) is -0.103. The molecule has 3 atom stereocenters. The normalized spacial score (nSPS) is 22.6. The number of amides is 1. The fraction of sp³-hybridized carbons (Fsp3) is 0.583. The molecule has 1 aromatic heterocycles. The molecule has 0 spiro atoms. The van der Waals surface area contributed by atoms with Gasteiger partial charge in [-0.15, -0.1) is 0 Å². The van der Waals surface area contributed by atoms with Gasteiger partial charge in [0.15, 0.2) is 5.03 Å². The molecule has 1 aliphatic heterocycles. The average molecular weight is 508 g/mol. The van der Waals surface area contributed by atoms with Crippen LogP contribution in [0.4, 0.5) is 5.69 Å². The minimum absolute atomic E-state index is 0.103. The van der Waals surface area contributed by atoms with Crippen LogP contribution in [-0.4, -0.2) is 86.2 Å². The van der Waals surface area contributed by atoms with Crippen molar-refractivity contribution in [2.24, 2.45) is 13.0 Å². The van der Waals surface area contributed by atoms with Gasteiger partial charge < -0.3 is 18.9 Å². The zero-order valence-corrected chi connectivity index (χ0v) is 22.2. The van der Waals surface area contributed by atoms with Gasteiger partial charge in [-0.3, -0.25) is 14.4 Å². The topological polar surface area (TPSA) is 106 Å². The molecule has 35 heavy (non-hydrogen) atoms.